The number of esters is 1. The van der Waals surface area contributed by atoms with Crippen molar-refractivity contribution in [3.8, 4) is 0 Å². The van der Waals surface area contributed by atoms with Gasteiger partial charge in [0.2, 0.25) is 0 Å². The Hall–Kier alpha value is -2.64. The fraction of sp³-hybridized carbons (Fsp3) is 0.600. The molecule has 1 N–H and O–H groups in total. The first-order chi connectivity index (χ1) is 12.7. The van der Waals surface area contributed by atoms with E-state index in [1.54, 1.807) is 71.9 Å². The number of alkyl carbamates (subject to hydrolysis) is 1. The minimum atomic E-state index is -2.22. The molecule has 28 heavy (non-hydrogen) atoms. The van der Waals surface area contributed by atoms with Crippen LogP contribution in [0.4, 0.5) is 4.79 Å². The van der Waals surface area contributed by atoms with Gasteiger partial charge in [-0.2, -0.15) is 0 Å². The van der Waals surface area contributed by atoms with Gasteiger partial charge in [-0.25, -0.2) is 9.59 Å². The van der Waals surface area contributed by atoms with E-state index in [1.807, 2.05) is 0 Å². The summed E-state index contributed by atoms with van der Waals surface area (Å²) in [5, 5.41) is 14.7. The maximum atomic E-state index is 13.0. The molecule has 0 fully saturated rings. The van der Waals surface area contributed by atoms with E-state index >= 15 is 0 Å². The van der Waals surface area contributed by atoms with Crippen LogP contribution in [0, 0.1) is 10.1 Å². The third-order valence-electron chi connectivity index (χ3n) is 3.89. The summed E-state index contributed by atoms with van der Waals surface area (Å²) in [6.07, 6.45) is -1.05. The average Bonchev–Trinajstić information content (AvgIpc) is 2.52. The highest BCUT2D eigenvalue weighted by atomic mass is 16.6. The van der Waals surface area contributed by atoms with Crippen LogP contribution in [-0.2, 0) is 14.3 Å². The minimum Gasteiger partial charge on any atom is -0.455 e. The van der Waals surface area contributed by atoms with Gasteiger partial charge in [0.25, 0.3) is 0 Å². The largest absolute Gasteiger partial charge is 0.455 e. The molecule has 8 heteroatoms. The fourth-order valence-corrected chi connectivity index (χ4v) is 2.69. The van der Waals surface area contributed by atoms with E-state index in [4.69, 9.17) is 9.47 Å². The van der Waals surface area contributed by atoms with Gasteiger partial charge in [0.1, 0.15) is 17.2 Å². The highest BCUT2D eigenvalue weighted by Gasteiger charge is 2.60. The second-order valence-electron chi connectivity index (χ2n) is 8.53. The monoisotopic (exact) mass is 394 g/mol. The Morgan fingerprint density at radius 2 is 1.54 bits per heavy atom. The molecule has 0 aliphatic rings. The molecule has 156 valence electrons. The van der Waals surface area contributed by atoms with E-state index in [1.165, 1.54) is 6.92 Å². The molecule has 0 saturated heterocycles. The summed E-state index contributed by atoms with van der Waals surface area (Å²) >= 11 is 0. The molecule has 0 radical (unpaired) electrons. The van der Waals surface area contributed by atoms with E-state index < -0.39 is 39.8 Å². The Balaban J connectivity index is 3.49. The normalized spacial score (nSPS) is 15.1. The number of benzene rings is 1. The maximum absolute atomic E-state index is 13.0. The van der Waals surface area contributed by atoms with Crippen molar-refractivity contribution in [3.63, 3.8) is 0 Å². The number of hydrogen-bond donors (Lipinski definition) is 1. The van der Waals surface area contributed by atoms with Gasteiger partial charge in [0, 0.05) is 11.3 Å². The summed E-state index contributed by atoms with van der Waals surface area (Å²) in [4.78, 5) is 36.9. The van der Waals surface area contributed by atoms with Crippen molar-refractivity contribution in [2.45, 2.75) is 77.7 Å². The molecule has 0 aliphatic heterocycles. The van der Waals surface area contributed by atoms with Crippen LogP contribution in [0.15, 0.2) is 30.3 Å². The van der Waals surface area contributed by atoms with Crippen LogP contribution in [0.5, 0.6) is 0 Å². The quantitative estimate of drug-likeness (QED) is 0.443. The van der Waals surface area contributed by atoms with Gasteiger partial charge >= 0.3 is 17.6 Å². The van der Waals surface area contributed by atoms with E-state index in [-0.39, 0.29) is 6.42 Å². The first kappa shape index (κ1) is 23.4. The lowest BCUT2D eigenvalue weighted by molar-refractivity contribution is -0.562. The molecule has 0 aromatic heterocycles. The zero-order valence-corrected chi connectivity index (χ0v) is 17.6. The maximum Gasteiger partial charge on any atom is 0.408 e. The van der Waals surface area contributed by atoms with Crippen LogP contribution in [0.1, 0.15) is 66.5 Å². The third kappa shape index (κ3) is 5.94. The summed E-state index contributed by atoms with van der Waals surface area (Å²) in [6.45, 7) is 11.4. The molecule has 0 unspecified atom stereocenters. The van der Waals surface area contributed by atoms with E-state index in [0.717, 1.165) is 0 Å². The number of carbonyl (C=O) groups excluding carboxylic acids is 2. The van der Waals surface area contributed by atoms with Crippen molar-refractivity contribution in [2.75, 3.05) is 0 Å². The zero-order chi connectivity index (χ0) is 21.8. The molecule has 1 amide bonds. The average molecular weight is 394 g/mol. The molecule has 1 aromatic rings. The second-order valence-corrected chi connectivity index (χ2v) is 8.53. The predicted molar refractivity (Wildman–Crippen MR) is 104 cm³/mol. The second kappa shape index (κ2) is 8.58. The fourth-order valence-electron chi connectivity index (χ4n) is 2.69. The zero-order valence-electron chi connectivity index (χ0n) is 17.6. The Kier molecular flexibility index (Phi) is 7.17. The highest BCUT2D eigenvalue weighted by Crippen LogP contribution is 2.35. The highest BCUT2D eigenvalue weighted by molar-refractivity contribution is 5.82. The lowest BCUT2D eigenvalue weighted by Gasteiger charge is -2.34. The van der Waals surface area contributed by atoms with Crippen molar-refractivity contribution >= 4 is 12.1 Å². The number of ether oxygens (including phenoxy) is 2. The van der Waals surface area contributed by atoms with E-state index in [9.17, 15) is 19.7 Å². The standard InChI is InChI=1S/C20H30N2O6/c1-8-20(22(25)26,16(23)27-18(2,3)4)15(14-12-10-9-11-13-14)21-17(24)28-19(5,6)7/h9-13,15H,8H2,1-7H3,(H,21,24)/t15-,20+/m0/s1. The number of hydrogen-bond acceptors (Lipinski definition) is 6. The number of amides is 1. The van der Waals surface area contributed by atoms with Crippen molar-refractivity contribution in [2.24, 2.45) is 0 Å². The molecular weight excluding hydrogens is 364 g/mol. The summed E-state index contributed by atoms with van der Waals surface area (Å²) in [5.41, 5.74) is -3.55. The van der Waals surface area contributed by atoms with Crippen LogP contribution in [0.25, 0.3) is 0 Å². The topological polar surface area (TPSA) is 108 Å². The van der Waals surface area contributed by atoms with Gasteiger partial charge < -0.3 is 14.8 Å². The van der Waals surface area contributed by atoms with E-state index in [2.05, 4.69) is 5.32 Å². The Morgan fingerprint density at radius 3 is 1.93 bits per heavy atom. The lowest BCUT2D eigenvalue weighted by Crippen LogP contribution is -2.58. The minimum absolute atomic E-state index is 0.190. The summed E-state index contributed by atoms with van der Waals surface area (Å²) in [5.74, 6) is -1.02. The number of rotatable bonds is 6. The summed E-state index contributed by atoms with van der Waals surface area (Å²) < 4.78 is 10.6. The Labute approximate surface area is 165 Å². The van der Waals surface area contributed by atoms with Gasteiger partial charge in [-0.15, -0.1) is 0 Å². The molecule has 8 nitrogen and oxygen atoms in total. The van der Waals surface area contributed by atoms with Gasteiger partial charge in [-0.3, -0.25) is 10.1 Å². The molecule has 2 atom stereocenters. The number of nitro groups is 1. The van der Waals surface area contributed by atoms with Gasteiger partial charge in [0.05, 0.1) is 0 Å². The van der Waals surface area contributed by atoms with Crippen molar-refractivity contribution < 1.29 is 24.0 Å². The van der Waals surface area contributed by atoms with Gasteiger partial charge in [0.15, 0.2) is 0 Å². The van der Waals surface area contributed by atoms with Crippen molar-refractivity contribution in [3.05, 3.63) is 46.0 Å². The predicted octanol–water partition coefficient (Wildman–Crippen LogP) is 4.02. The molecule has 0 heterocycles. The van der Waals surface area contributed by atoms with Crippen LogP contribution in [0.3, 0.4) is 0 Å². The molecular formula is C20H30N2O6. The van der Waals surface area contributed by atoms with Gasteiger partial charge in [-0.1, -0.05) is 37.3 Å². The first-order valence-corrected chi connectivity index (χ1v) is 9.15. The van der Waals surface area contributed by atoms with Crippen LogP contribution in [0.2, 0.25) is 0 Å². The summed E-state index contributed by atoms with van der Waals surface area (Å²) in [7, 11) is 0. The number of nitrogens with zero attached hydrogens (tertiary/aromatic N) is 1. The van der Waals surface area contributed by atoms with Crippen LogP contribution in [-0.4, -0.2) is 33.7 Å². The number of carbonyl (C=O) groups is 2. The smallest absolute Gasteiger partial charge is 0.408 e. The molecule has 0 bridgehead atoms. The number of nitrogens with one attached hydrogen (secondary N) is 1. The van der Waals surface area contributed by atoms with Crippen LogP contribution >= 0.6 is 0 Å². The lowest BCUT2D eigenvalue weighted by atomic mass is 9.83. The molecule has 0 aliphatic carbocycles. The van der Waals surface area contributed by atoms with Crippen molar-refractivity contribution in [1.29, 1.82) is 0 Å². The van der Waals surface area contributed by atoms with Gasteiger partial charge in [-0.05, 0) is 47.1 Å². The first-order valence-electron chi connectivity index (χ1n) is 9.15. The Bertz CT molecular complexity index is 706. The third-order valence-corrected chi connectivity index (χ3v) is 3.89. The molecule has 1 aromatic carbocycles. The van der Waals surface area contributed by atoms with Crippen LogP contribution < -0.4 is 5.32 Å². The SMILES string of the molecule is CC[C@](C(=O)OC(C)(C)C)([C@@H](NC(=O)OC(C)(C)C)c1ccccc1)[N+](=O)[O-]. The summed E-state index contributed by atoms with van der Waals surface area (Å²) in [6, 6.07) is 7.03. The van der Waals surface area contributed by atoms with Crippen molar-refractivity contribution in [1.82, 2.24) is 5.32 Å². The Morgan fingerprint density at radius 1 is 1.04 bits per heavy atom. The molecule has 1 rings (SSSR count). The van der Waals surface area contributed by atoms with E-state index in [0.29, 0.717) is 5.56 Å². The molecule has 0 saturated carbocycles. The molecule has 0 spiro atoms.